The Hall–Kier alpha value is -1.16. The molecular weight excluding hydrogens is 312 g/mol. The molecule has 0 aliphatic carbocycles. The molecule has 10 heteroatoms. The van der Waals surface area contributed by atoms with Gasteiger partial charge in [-0.05, 0) is 6.42 Å². The van der Waals surface area contributed by atoms with Gasteiger partial charge in [0, 0.05) is 37.1 Å². The fourth-order valence-electron chi connectivity index (χ4n) is 1.41. The van der Waals surface area contributed by atoms with Crippen LogP contribution in [0.2, 0.25) is 0 Å². The number of H-pyrrole nitrogens is 1. The van der Waals surface area contributed by atoms with Gasteiger partial charge in [-0.2, -0.15) is 0 Å². The van der Waals surface area contributed by atoms with Crippen LogP contribution in [-0.2, 0) is 25.1 Å². The number of hydrogen-bond donors (Lipinski definition) is 1. The van der Waals surface area contributed by atoms with Gasteiger partial charge in [-0.3, -0.25) is 14.3 Å². The standard InChI is InChI=1S/C10H15ClN2O6S/c1-18-5-6-19-4-2-3-13-7-8(20(11,16)17)9(14)12-10(13)15/h7H,2-6H2,1H3,(H,12,14,15). The number of rotatable bonds is 8. The highest BCUT2D eigenvalue weighted by molar-refractivity contribution is 8.13. The zero-order valence-corrected chi connectivity index (χ0v) is 12.4. The Bertz CT molecular complexity index is 650. The molecule has 0 unspecified atom stereocenters. The minimum Gasteiger partial charge on any atom is -0.382 e. The third kappa shape index (κ3) is 5.08. The molecular formula is C10H15ClN2O6S. The predicted molar refractivity (Wildman–Crippen MR) is 71.7 cm³/mol. The highest BCUT2D eigenvalue weighted by Gasteiger charge is 2.17. The van der Waals surface area contributed by atoms with Crippen molar-refractivity contribution in [2.45, 2.75) is 17.9 Å². The first-order valence-corrected chi connectivity index (χ1v) is 8.02. The third-order valence-electron chi connectivity index (χ3n) is 2.36. The first-order chi connectivity index (χ1) is 9.36. The van der Waals surface area contributed by atoms with Gasteiger partial charge in [-0.15, -0.1) is 0 Å². The van der Waals surface area contributed by atoms with Crippen molar-refractivity contribution in [3.05, 3.63) is 27.0 Å². The number of aromatic amines is 1. The number of aromatic nitrogens is 2. The van der Waals surface area contributed by atoms with Gasteiger partial charge in [0.25, 0.3) is 14.6 Å². The maximum Gasteiger partial charge on any atom is 0.328 e. The summed E-state index contributed by atoms with van der Waals surface area (Å²) in [7, 11) is 2.46. The fraction of sp³-hybridized carbons (Fsp3) is 0.600. The van der Waals surface area contributed by atoms with Crippen LogP contribution in [0.15, 0.2) is 20.7 Å². The molecule has 1 aromatic heterocycles. The molecule has 114 valence electrons. The molecule has 0 fully saturated rings. The van der Waals surface area contributed by atoms with Crippen LogP contribution in [0.25, 0.3) is 0 Å². The Morgan fingerprint density at radius 3 is 2.60 bits per heavy atom. The monoisotopic (exact) mass is 326 g/mol. The number of nitrogens with one attached hydrogen (secondary N) is 1. The van der Waals surface area contributed by atoms with Crippen LogP contribution in [0.4, 0.5) is 0 Å². The van der Waals surface area contributed by atoms with E-state index in [0.717, 1.165) is 10.8 Å². The van der Waals surface area contributed by atoms with Gasteiger partial charge < -0.3 is 9.47 Å². The smallest absolute Gasteiger partial charge is 0.328 e. The van der Waals surface area contributed by atoms with Gasteiger partial charge in [0.2, 0.25) is 0 Å². The van der Waals surface area contributed by atoms with E-state index in [9.17, 15) is 18.0 Å². The van der Waals surface area contributed by atoms with Crippen LogP contribution in [0, 0.1) is 0 Å². The van der Waals surface area contributed by atoms with Gasteiger partial charge in [0.05, 0.1) is 13.2 Å². The number of halogens is 1. The maximum atomic E-state index is 11.5. The van der Waals surface area contributed by atoms with Gasteiger partial charge in [-0.1, -0.05) is 0 Å². The number of hydrogen-bond acceptors (Lipinski definition) is 6. The highest BCUT2D eigenvalue weighted by Crippen LogP contribution is 2.07. The highest BCUT2D eigenvalue weighted by atomic mass is 35.7. The minimum absolute atomic E-state index is 0.196. The van der Waals surface area contributed by atoms with Crippen LogP contribution in [0.5, 0.6) is 0 Å². The normalized spacial score (nSPS) is 11.7. The summed E-state index contributed by atoms with van der Waals surface area (Å²) in [5.74, 6) is 0. The third-order valence-corrected chi connectivity index (χ3v) is 3.68. The molecule has 8 nitrogen and oxygen atoms in total. The molecule has 0 aliphatic rings. The van der Waals surface area contributed by atoms with Crippen LogP contribution >= 0.6 is 10.7 Å². The van der Waals surface area contributed by atoms with E-state index in [-0.39, 0.29) is 6.54 Å². The van der Waals surface area contributed by atoms with Crippen molar-refractivity contribution in [3.8, 4) is 0 Å². The van der Waals surface area contributed by atoms with E-state index in [1.807, 2.05) is 4.98 Å². The molecule has 1 rings (SSSR count). The van der Waals surface area contributed by atoms with Crippen molar-refractivity contribution in [2.75, 3.05) is 26.9 Å². The molecule has 0 spiro atoms. The number of aryl methyl sites for hydroxylation is 1. The van der Waals surface area contributed by atoms with Crippen molar-refractivity contribution in [1.82, 2.24) is 9.55 Å². The van der Waals surface area contributed by atoms with E-state index in [1.165, 1.54) is 0 Å². The summed E-state index contributed by atoms with van der Waals surface area (Å²) >= 11 is 0. The Kier molecular flexibility index (Phi) is 6.40. The van der Waals surface area contributed by atoms with Gasteiger partial charge >= 0.3 is 5.69 Å². The second-order valence-electron chi connectivity index (χ2n) is 3.84. The minimum atomic E-state index is -4.19. The van der Waals surface area contributed by atoms with Gasteiger partial charge in [0.15, 0.2) is 4.90 Å². The van der Waals surface area contributed by atoms with Crippen molar-refractivity contribution in [3.63, 3.8) is 0 Å². The molecule has 0 saturated heterocycles. The average Bonchev–Trinajstić information content (AvgIpc) is 2.34. The summed E-state index contributed by atoms with van der Waals surface area (Å²) in [5, 5.41) is 0. The van der Waals surface area contributed by atoms with Crippen molar-refractivity contribution in [1.29, 1.82) is 0 Å². The molecule has 0 atom stereocenters. The molecule has 20 heavy (non-hydrogen) atoms. The molecule has 0 amide bonds. The van der Waals surface area contributed by atoms with E-state index in [1.54, 1.807) is 7.11 Å². The number of ether oxygens (including phenoxy) is 2. The summed E-state index contributed by atoms with van der Waals surface area (Å²) in [6.45, 7) is 1.46. The van der Waals surface area contributed by atoms with Crippen molar-refractivity contribution < 1.29 is 17.9 Å². The summed E-state index contributed by atoms with van der Waals surface area (Å²) in [6, 6.07) is 0. The molecule has 1 aromatic rings. The topological polar surface area (TPSA) is 107 Å². The lowest BCUT2D eigenvalue weighted by molar-refractivity contribution is 0.0679. The van der Waals surface area contributed by atoms with Gasteiger partial charge in [-0.25, -0.2) is 13.2 Å². The summed E-state index contributed by atoms with van der Waals surface area (Å²) in [4.78, 5) is 24.1. The first-order valence-electron chi connectivity index (χ1n) is 5.71. The van der Waals surface area contributed by atoms with Crippen LogP contribution in [0.3, 0.4) is 0 Å². The van der Waals surface area contributed by atoms with Crippen molar-refractivity contribution >= 4 is 19.7 Å². The number of nitrogens with zero attached hydrogens (tertiary/aromatic N) is 1. The molecule has 0 saturated carbocycles. The van der Waals surface area contributed by atoms with E-state index >= 15 is 0 Å². The quantitative estimate of drug-likeness (QED) is 0.510. The second kappa shape index (κ2) is 7.58. The van der Waals surface area contributed by atoms with E-state index in [2.05, 4.69) is 0 Å². The molecule has 0 bridgehead atoms. The average molecular weight is 327 g/mol. The Morgan fingerprint density at radius 1 is 1.30 bits per heavy atom. The van der Waals surface area contributed by atoms with Crippen molar-refractivity contribution in [2.24, 2.45) is 0 Å². The van der Waals surface area contributed by atoms with Crippen LogP contribution in [-0.4, -0.2) is 44.9 Å². The lowest BCUT2D eigenvalue weighted by Crippen LogP contribution is -2.32. The molecule has 0 aromatic carbocycles. The first kappa shape index (κ1) is 16.9. The second-order valence-corrected chi connectivity index (χ2v) is 6.38. The Morgan fingerprint density at radius 2 is 2.00 bits per heavy atom. The molecule has 1 N–H and O–H groups in total. The van der Waals surface area contributed by atoms with E-state index in [0.29, 0.717) is 26.2 Å². The predicted octanol–water partition coefficient (Wildman–Crippen LogP) is -0.483. The maximum absolute atomic E-state index is 11.5. The Balaban J connectivity index is 2.72. The summed E-state index contributed by atoms with van der Waals surface area (Å²) in [5.41, 5.74) is -1.73. The largest absolute Gasteiger partial charge is 0.382 e. The van der Waals surface area contributed by atoms with Crippen LogP contribution in [0.1, 0.15) is 6.42 Å². The summed E-state index contributed by atoms with van der Waals surface area (Å²) < 4.78 is 33.4. The molecule has 0 radical (unpaired) electrons. The van der Waals surface area contributed by atoms with E-state index < -0.39 is 25.2 Å². The molecule has 0 aliphatic heterocycles. The Labute approximate surface area is 119 Å². The number of methoxy groups -OCH3 is 1. The SMILES string of the molecule is COCCOCCCn1cc(S(=O)(=O)Cl)c(=O)[nH]c1=O. The summed E-state index contributed by atoms with van der Waals surface area (Å²) in [6.07, 6.45) is 1.40. The molecule has 1 heterocycles. The fourth-order valence-corrected chi connectivity index (χ4v) is 2.27. The van der Waals surface area contributed by atoms with Gasteiger partial charge in [0.1, 0.15) is 0 Å². The van der Waals surface area contributed by atoms with E-state index in [4.69, 9.17) is 20.2 Å². The zero-order valence-electron chi connectivity index (χ0n) is 10.8. The lowest BCUT2D eigenvalue weighted by atomic mass is 10.4. The lowest BCUT2D eigenvalue weighted by Gasteiger charge is -2.07. The van der Waals surface area contributed by atoms with Crippen LogP contribution < -0.4 is 11.2 Å². The zero-order chi connectivity index (χ0) is 15.2.